The highest BCUT2D eigenvalue weighted by Gasteiger charge is 2.23. The second-order valence-electron chi connectivity index (χ2n) is 5.22. The molecule has 0 bridgehead atoms. The summed E-state index contributed by atoms with van der Waals surface area (Å²) in [4.78, 5) is 19.7. The van der Waals surface area contributed by atoms with Gasteiger partial charge in [0.1, 0.15) is 12.4 Å². The van der Waals surface area contributed by atoms with Crippen LogP contribution in [0.25, 0.3) is 5.78 Å². The highest BCUT2D eigenvalue weighted by Crippen LogP contribution is 2.36. The van der Waals surface area contributed by atoms with Gasteiger partial charge in [0.25, 0.3) is 0 Å². The lowest BCUT2D eigenvalue weighted by Gasteiger charge is -2.21. The molecule has 3 rings (SSSR count). The SMILES string of the molecule is O=C(O)CNc1c(C2CCCCC2)nc2ncccn12. The van der Waals surface area contributed by atoms with Crippen molar-refractivity contribution in [2.45, 2.75) is 38.0 Å². The minimum absolute atomic E-state index is 0.109. The molecule has 6 nitrogen and oxygen atoms in total. The zero-order chi connectivity index (χ0) is 13.9. The maximum absolute atomic E-state index is 10.8. The average Bonchev–Trinajstić information content (AvgIpc) is 2.84. The van der Waals surface area contributed by atoms with Gasteiger partial charge in [0.15, 0.2) is 0 Å². The first-order valence-corrected chi connectivity index (χ1v) is 7.04. The number of imidazole rings is 1. The molecule has 0 amide bonds. The predicted octanol–water partition coefficient (Wildman–Crippen LogP) is 2.27. The Labute approximate surface area is 116 Å². The van der Waals surface area contributed by atoms with E-state index in [0.717, 1.165) is 24.4 Å². The fraction of sp³-hybridized carbons (Fsp3) is 0.500. The quantitative estimate of drug-likeness (QED) is 0.894. The first-order chi connectivity index (χ1) is 9.75. The number of carboxylic acid groups (broad SMARTS) is 1. The summed E-state index contributed by atoms with van der Waals surface area (Å²) in [6.07, 6.45) is 9.51. The van der Waals surface area contributed by atoms with Crippen molar-refractivity contribution in [2.24, 2.45) is 0 Å². The molecule has 1 saturated carbocycles. The molecular weight excluding hydrogens is 256 g/mol. The zero-order valence-corrected chi connectivity index (χ0v) is 11.2. The van der Waals surface area contributed by atoms with E-state index in [2.05, 4.69) is 15.3 Å². The van der Waals surface area contributed by atoms with Gasteiger partial charge in [0.05, 0.1) is 5.69 Å². The van der Waals surface area contributed by atoms with E-state index in [-0.39, 0.29) is 6.54 Å². The van der Waals surface area contributed by atoms with E-state index in [1.54, 1.807) is 6.20 Å². The van der Waals surface area contributed by atoms with Crippen molar-refractivity contribution in [1.29, 1.82) is 0 Å². The first-order valence-electron chi connectivity index (χ1n) is 7.04. The Morgan fingerprint density at radius 2 is 2.20 bits per heavy atom. The van der Waals surface area contributed by atoms with Gasteiger partial charge in [0.2, 0.25) is 5.78 Å². The zero-order valence-electron chi connectivity index (χ0n) is 11.2. The predicted molar refractivity (Wildman–Crippen MR) is 74.9 cm³/mol. The van der Waals surface area contributed by atoms with Crippen LogP contribution in [0, 0.1) is 0 Å². The Morgan fingerprint density at radius 1 is 1.40 bits per heavy atom. The number of fused-ring (bicyclic) bond motifs is 1. The average molecular weight is 274 g/mol. The molecule has 2 heterocycles. The summed E-state index contributed by atoms with van der Waals surface area (Å²) in [5, 5.41) is 11.9. The van der Waals surface area contributed by atoms with E-state index in [4.69, 9.17) is 5.11 Å². The number of hydrogen-bond donors (Lipinski definition) is 2. The Balaban J connectivity index is 1.99. The van der Waals surface area contributed by atoms with E-state index < -0.39 is 5.97 Å². The normalized spacial score (nSPS) is 16.4. The van der Waals surface area contributed by atoms with Crippen molar-refractivity contribution >= 4 is 17.6 Å². The summed E-state index contributed by atoms with van der Waals surface area (Å²) >= 11 is 0. The number of aromatic nitrogens is 3. The highest BCUT2D eigenvalue weighted by atomic mass is 16.4. The lowest BCUT2D eigenvalue weighted by molar-refractivity contribution is -0.134. The number of nitrogens with zero attached hydrogens (tertiary/aromatic N) is 3. The van der Waals surface area contributed by atoms with Crippen LogP contribution in [0.2, 0.25) is 0 Å². The van der Waals surface area contributed by atoms with Crippen molar-refractivity contribution in [2.75, 3.05) is 11.9 Å². The van der Waals surface area contributed by atoms with Crippen molar-refractivity contribution in [3.63, 3.8) is 0 Å². The molecular formula is C14H18N4O2. The van der Waals surface area contributed by atoms with E-state index in [9.17, 15) is 4.79 Å². The second kappa shape index (κ2) is 5.48. The molecule has 0 aromatic carbocycles. The van der Waals surface area contributed by atoms with Crippen LogP contribution in [0.5, 0.6) is 0 Å². The van der Waals surface area contributed by atoms with Crippen LogP contribution >= 0.6 is 0 Å². The molecule has 20 heavy (non-hydrogen) atoms. The molecule has 1 aliphatic carbocycles. The number of carbonyl (C=O) groups is 1. The van der Waals surface area contributed by atoms with Gasteiger partial charge in [0, 0.05) is 18.3 Å². The first kappa shape index (κ1) is 12.9. The van der Waals surface area contributed by atoms with Crippen LogP contribution in [0.4, 0.5) is 5.82 Å². The van der Waals surface area contributed by atoms with E-state index in [0.29, 0.717) is 11.7 Å². The lowest BCUT2D eigenvalue weighted by Crippen LogP contribution is -2.16. The maximum Gasteiger partial charge on any atom is 0.322 e. The third-order valence-electron chi connectivity index (χ3n) is 3.83. The summed E-state index contributed by atoms with van der Waals surface area (Å²) < 4.78 is 1.84. The monoisotopic (exact) mass is 274 g/mol. The Morgan fingerprint density at radius 3 is 2.95 bits per heavy atom. The fourth-order valence-electron chi connectivity index (χ4n) is 2.90. The molecule has 6 heteroatoms. The molecule has 0 saturated heterocycles. The van der Waals surface area contributed by atoms with Crippen molar-refractivity contribution in [3.8, 4) is 0 Å². The highest BCUT2D eigenvalue weighted by molar-refractivity contribution is 5.73. The Bertz CT molecular complexity index is 617. The molecule has 0 aliphatic heterocycles. The van der Waals surface area contributed by atoms with E-state index >= 15 is 0 Å². The maximum atomic E-state index is 10.8. The third kappa shape index (κ3) is 2.45. The molecule has 106 valence electrons. The lowest BCUT2D eigenvalue weighted by atomic mass is 9.87. The Kier molecular flexibility index (Phi) is 3.54. The number of hydrogen-bond acceptors (Lipinski definition) is 4. The van der Waals surface area contributed by atoms with Crippen molar-refractivity contribution < 1.29 is 9.90 Å². The van der Waals surface area contributed by atoms with Gasteiger partial charge >= 0.3 is 5.97 Å². The van der Waals surface area contributed by atoms with Crippen LogP contribution in [0.15, 0.2) is 18.5 Å². The molecule has 1 fully saturated rings. The molecule has 2 aromatic rings. The molecule has 1 aliphatic rings. The van der Waals surface area contributed by atoms with E-state index in [1.165, 1.54) is 19.3 Å². The Hall–Kier alpha value is -2.11. The molecule has 0 atom stereocenters. The number of anilines is 1. The van der Waals surface area contributed by atoms with Crippen molar-refractivity contribution in [1.82, 2.24) is 14.4 Å². The minimum atomic E-state index is -0.876. The molecule has 0 spiro atoms. The minimum Gasteiger partial charge on any atom is -0.480 e. The van der Waals surface area contributed by atoms with Crippen LogP contribution in [0.3, 0.4) is 0 Å². The molecule has 0 radical (unpaired) electrons. The molecule has 2 N–H and O–H groups in total. The summed E-state index contributed by atoms with van der Waals surface area (Å²) in [5.41, 5.74) is 0.963. The third-order valence-corrected chi connectivity index (χ3v) is 3.83. The topological polar surface area (TPSA) is 79.5 Å². The van der Waals surface area contributed by atoms with Crippen LogP contribution < -0.4 is 5.32 Å². The summed E-state index contributed by atoms with van der Waals surface area (Å²) in [5.74, 6) is 0.934. The number of rotatable bonds is 4. The largest absolute Gasteiger partial charge is 0.480 e. The number of nitrogens with one attached hydrogen (secondary N) is 1. The van der Waals surface area contributed by atoms with Gasteiger partial charge in [-0.3, -0.25) is 9.20 Å². The second-order valence-corrected chi connectivity index (χ2v) is 5.22. The van der Waals surface area contributed by atoms with Crippen molar-refractivity contribution in [3.05, 3.63) is 24.2 Å². The smallest absolute Gasteiger partial charge is 0.322 e. The van der Waals surface area contributed by atoms with Crippen LogP contribution in [0.1, 0.15) is 43.7 Å². The number of carboxylic acids is 1. The van der Waals surface area contributed by atoms with Gasteiger partial charge in [-0.2, -0.15) is 0 Å². The standard InChI is InChI=1S/C14H18N4O2/c19-11(20)9-16-13-12(10-5-2-1-3-6-10)17-14-15-7-4-8-18(13)14/h4,7-8,10,16H,1-3,5-6,9H2,(H,19,20). The summed E-state index contributed by atoms with van der Waals surface area (Å²) in [6.45, 7) is -0.109. The summed E-state index contributed by atoms with van der Waals surface area (Å²) in [7, 11) is 0. The van der Waals surface area contributed by atoms with E-state index in [1.807, 2.05) is 16.7 Å². The van der Waals surface area contributed by atoms with Gasteiger partial charge in [-0.1, -0.05) is 19.3 Å². The van der Waals surface area contributed by atoms with Gasteiger partial charge in [-0.05, 0) is 18.9 Å². The van der Waals surface area contributed by atoms with Gasteiger partial charge in [-0.15, -0.1) is 0 Å². The summed E-state index contributed by atoms with van der Waals surface area (Å²) in [6, 6.07) is 1.82. The number of aliphatic carboxylic acids is 1. The fourth-order valence-corrected chi connectivity index (χ4v) is 2.90. The van der Waals surface area contributed by atoms with Gasteiger partial charge in [-0.25, -0.2) is 9.97 Å². The van der Waals surface area contributed by atoms with Crippen LogP contribution in [-0.4, -0.2) is 32.0 Å². The van der Waals surface area contributed by atoms with Gasteiger partial charge < -0.3 is 10.4 Å². The molecule has 0 unspecified atom stereocenters. The molecule has 2 aromatic heterocycles. The van der Waals surface area contributed by atoms with Crippen LogP contribution in [-0.2, 0) is 4.79 Å².